The van der Waals surface area contributed by atoms with Crippen molar-refractivity contribution in [3.05, 3.63) is 53.2 Å². The first kappa shape index (κ1) is 13.6. The minimum Gasteiger partial charge on any atom is -0.465 e. The van der Waals surface area contributed by atoms with Crippen LogP contribution in [0.15, 0.2) is 34.7 Å². The van der Waals surface area contributed by atoms with Gasteiger partial charge < -0.3 is 14.6 Å². The van der Waals surface area contributed by atoms with Gasteiger partial charge in [0.15, 0.2) is 0 Å². The quantitative estimate of drug-likeness (QED) is 0.897. The van der Waals surface area contributed by atoms with Crippen LogP contribution in [0.25, 0.3) is 0 Å². The maximum Gasteiger partial charge on any atom is 0.125 e. The highest BCUT2D eigenvalue weighted by Gasteiger charge is 2.10. The third-order valence-corrected chi connectivity index (χ3v) is 3.08. The van der Waals surface area contributed by atoms with Gasteiger partial charge in [0, 0.05) is 24.8 Å². The molecule has 1 heterocycles. The molecule has 0 bridgehead atoms. The average Bonchev–Trinajstić information content (AvgIpc) is 2.70. The van der Waals surface area contributed by atoms with Crippen LogP contribution in [0.2, 0.25) is 0 Å². The number of rotatable bonds is 5. The third kappa shape index (κ3) is 3.35. The zero-order valence-electron chi connectivity index (χ0n) is 11.5. The Bertz CT molecular complexity index is 551. The van der Waals surface area contributed by atoms with E-state index in [0.717, 1.165) is 22.8 Å². The number of aryl methyl sites for hydroxylation is 1. The number of anilines is 1. The molecule has 1 N–H and O–H groups in total. The number of nitrogens with one attached hydrogen (secondary N) is 1. The van der Waals surface area contributed by atoms with Crippen molar-refractivity contribution in [3.8, 4) is 0 Å². The van der Waals surface area contributed by atoms with E-state index in [1.54, 1.807) is 6.07 Å². The lowest BCUT2D eigenvalue weighted by Gasteiger charge is -2.18. The summed E-state index contributed by atoms with van der Waals surface area (Å²) in [4.78, 5) is 2.00. The summed E-state index contributed by atoms with van der Waals surface area (Å²) in [6, 6.07) is 8.64. The Morgan fingerprint density at radius 3 is 2.79 bits per heavy atom. The van der Waals surface area contributed by atoms with E-state index in [9.17, 15) is 4.39 Å². The molecule has 0 radical (unpaired) electrons. The molecule has 0 fully saturated rings. The van der Waals surface area contributed by atoms with Gasteiger partial charge in [-0.25, -0.2) is 4.39 Å². The van der Waals surface area contributed by atoms with E-state index in [0.29, 0.717) is 13.1 Å². The summed E-state index contributed by atoms with van der Waals surface area (Å²) >= 11 is 0. The molecule has 0 unspecified atom stereocenters. The molecule has 0 spiro atoms. The van der Waals surface area contributed by atoms with Crippen molar-refractivity contribution in [1.29, 1.82) is 0 Å². The summed E-state index contributed by atoms with van der Waals surface area (Å²) in [6.07, 6.45) is 0. The topological polar surface area (TPSA) is 28.4 Å². The van der Waals surface area contributed by atoms with Gasteiger partial charge in [-0.15, -0.1) is 0 Å². The Morgan fingerprint density at radius 2 is 2.11 bits per heavy atom. The molecular weight excluding hydrogens is 243 g/mol. The molecule has 2 aromatic rings. The molecular formula is C15H19FN2O. The van der Waals surface area contributed by atoms with Gasteiger partial charge in [-0.1, -0.05) is 6.07 Å². The zero-order chi connectivity index (χ0) is 13.8. The van der Waals surface area contributed by atoms with Crippen LogP contribution in [-0.2, 0) is 13.1 Å². The monoisotopic (exact) mass is 262 g/mol. The maximum absolute atomic E-state index is 13.2. The van der Waals surface area contributed by atoms with Crippen LogP contribution in [0.1, 0.15) is 17.1 Å². The van der Waals surface area contributed by atoms with E-state index < -0.39 is 0 Å². The minimum atomic E-state index is -0.218. The zero-order valence-corrected chi connectivity index (χ0v) is 11.5. The fraction of sp³-hybridized carbons (Fsp3) is 0.333. The van der Waals surface area contributed by atoms with Crippen molar-refractivity contribution in [2.45, 2.75) is 20.0 Å². The molecule has 0 aliphatic rings. The number of nitrogens with zero attached hydrogens (tertiary/aromatic N) is 1. The minimum absolute atomic E-state index is 0.218. The Labute approximate surface area is 113 Å². The van der Waals surface area contributed by atoms with Gasteiger partial charge in [0.1, 0.15) is 17.3 Å². The first-order valence-electron chi connectivity index (χ1n) is 6.29. The number of halogens is 1. The highest BCUT2D eigenvalue weighted by molar-refractivity contribution is 5.46. The number of hydrogen-bond donors (Lipinski definition) is 1. The maximum atomic E-state index is 13.2. The molecule has 19 heavy (non-hydrogen) atoms. The lowest BCUT2D eigenvalue weighted by Crippen LogP contribution is -2.16. The molecule has 3 nitrogen and oxygen atoms in total. The normalized spacial score (nSPS) is 10.7. The predicted molar refractivity (Wildman–Crippen MR) is 74.7 cm³/mol. The van der Waals surface area contributed by atoms with Gasteiger partial charge >= 0.3 is 0 Å². The summed E-state index contributed by atoms with van der Waals surface area (Å²) < 4.78 is 18.8. The van der Waals surface area contributed by atoms with Gasteiger partial charge in [-0.05, 0) is 38.2 Å². The molecule has 1 aromatic carbocycles. The van der Waals surface area contributed by atoms with Gasteiger partial charge in [0.25, 0.3) is 0 Å². The predicted octanol–water partition coefficient (Wildman–Crippen LogP) is 3.08. The Balaban J connectivity index is 2.12. The van der Waals surface area contributed by atoms with Crippen LogP contribution in [0.3, 0.4) is 0 Å². The van der Waals surface area contributed by atoms with Crippen LogP contribution in [0, 0.1) is 12.7 Å². The van der Waals surface area contributed by atoms with Crippen molar-refractivity contribution in [1.82, 2.24) is 5.32 Å². The Kier molecular flexibility index (Phi) is 4.22. The summed E-state index contributed by atoms with van der Waals surface area (Å²) in [5.41, 5.74) is 1.98. The summed E-state index contributed by atoms with van der Waals surface area (Å²) in [5.74, 6) is 1.61. The Morgan fingerprint density at radius 1 is 1.32 bits per heavy atom. The molecule has 0 saturated heterocycles. The van der Waals surface area contributed by atoms with Crippen LogP contribution in [0.5, 0.6) is 0 Å². The van der Waals surface area contributed by atoms with Crippen LogP contribution >= 0.6 is 0 Å². The van der Waals surface area contributed by atoms with E-state index in [-0.39, 0.29) is 5.82 Å². The highest BCUT2D eigenvalue weighted by atomic mass is 19.1. The molecule has 0 saturated carbocycles. The molecule has 2 rings (SSSR count). The van der Waals surface area contributed by atoms with E-state index in [4.69, 9.17) is 4.42 Å². The lowest BCUT2D eigenvalue weighted by atomic mass is 10.2. The van der Waals surface area contributed by atoms with Gasteiger partial charge in [-0.3, -0.25) is 0 Å². The van der Waals surface area contributed by atoms with Gasteiger partial charge in [-0.2, -0.15) is 0 Å². The van der Waals surface area contributed by atoms with Crippen molar-refractivity contribution in [3.63, 3.8) is 0 Å². The fourth-order valence-electron chi connectivity index (χ4n) is 2.07. The van der Waals surface area contributed by atoms with Gasteiger partial charge in [0.2, 0.25) is 0 Å². The van der Waals surface area contributed by atoms with E-state index in [2.05, 4.69) is 5.32 Å². The van der Waals surface area contributed by atoms with E-state index >= 15 is 0 Å². The molecule has 0 amide bonds. The molecule has 4 heteroatoms. The third-order valence-electron chi connectivity index (χ3n) is 3.08. The number of benzene rings is 1. The lowest BCUT2D eigenvalue weighted by molar-refractivity contribution is 0.469. The molecule has 102 valence electrons. The summed E-state index contributed by atoms with van der Waals surface area (Å²) in [5, 5.41) is 3.06. The first-order chi connectivity index (χ1) is 9.10. The highest BCUT2D eigenvalue weighted by Crippen LogP contribution is 2.20. The van der Waals surface area contributed by atoms with E-state index in [1.165, 1.54) is 12.1 Å². The van der Waals surface area contributed by atoms with Crippen LogP contribution in [-0.4, -0.2) is 14.1 Å². The van der Waals surface area contributed by atoms with Crippen LogP contribution in [0.4, 0.5) is 10.1 Å². The smallest absolute Gasteiger partial charge is 0.125 e. The van der Waals surface area contributed by atoms with Crippen LogP contribution < -0.4 is 10.2 Å². The van der Waals surface area contributed by atoms with E-state index in [1.807, 2.05) is 38.1 Å². The molecule has 0 aliphatic heterocycles. The summed E-state index contributed by atoms with van der Waals surface area (Å²) in [7, 11) is 3.83. The first-order valence-corrected chi connectivity index (χ1v) is 6.29. The Hall–Kier alpha value is -1.81. The molecule has 0 aliphatic carbocycles. The second-order valence-corrected chi connectivity index (χ2v) is 4.66. The number of hydrogen-bond acceptors (Lipinski definition) is 3. The average molecular weight is 262 g/mol. The van der Waals surface area contributed by atoms with Crippen molar-refractivity contribution in [2.75, 3.05) is 19.0 Å². The summed E-state index contributed by atoms with van der Waals surface area (Å²) in [6.45, 7) is 3.36. The van der Waals surface area contributed by atoms with Crippen molar-refractivity contribution < 1.29 is 8.81 Å². The molecule has 0 atom stereocenters. The largest absolute Gasteiger partial charge is 0.465 e. The fourth-order valence-corrected chi connectivity index (χ4v) is 2.07. The van der Waals surface area contributed by atoms with Gasteiger partial charge in [0.05, 0.1) is 6.54 Å². The number of furan rings is 1. The molecule has 1 aromatic heterocycles. The second-order valence-electron chi connectivity index (χ2n) is 4.66. The van der Waals surface area contributed by atoms with Crippen molar-refractivity contribution in [2.24, 2.45) is 0 Å². The standard InChI is InChI=1S/C15H19FN2O/c1-11-12(7-15(19-11)9-17-2)10-18(3)14-6-4-5-13(16)8-14/h4-8,17H,9-10H2,1-3H3. The second kappa shape index (κ2) is 5.89. The van der Waals surface area contributed by atoms with Crippen molar-refractivity contribution >= 4 is 5.69 Å². The SMILES string of the molecule is CNCc1cc(CN(C)c2cccc(F)c2)c(C)o1.